The molecule has 0 bridgehead atoms. The maximum Gasteiger partial charge on any atom is 0.433 e. The summed E-state index contributed by atoms with van der Waals surface area (Å²) in [7, 11) is 0. The number of hydrogen-bond donors (Lipinski definition) is 1. The van der Waals surface area contributed by atoms with Crippen molar-refractivity contribution in [1.29, 1.82) is 0 Å². The molecule has 9 heteroatoms. The first-order valence-electron chi connectivity index (χ1n) is 7.36. The van der Waals surface area contributed by atoms with Crippen LogP contribution in [0.5, 0.6) is 0 Å². The molecule has 3 rings (SSSR count). The van der Waals surface area contributed by atoms with Crippen molar-refractivity contribution in [3.8, 4) is 0 Å². The molecule has 0 unspecified atom stereocenters. The van der Waals surface area contributed by atoms with Gasteiger partial charge in [-0.05, 0) is 36.6 Å². The van der Waals surface area contributed by atoms with Crippen molar-refractivity contribution in [2.45, 2.75) is 20.3 Å². The van der Waals surface area contributed by atoms with E-state index in [1.807, 2.05) is 32.0 Å². The van der Waals surface area contributed by atoms with E-state index in [1.54, 1.807) is 0 Å². The standard InChI is InChI=1S/C16H14N4O5/c1-9-3-4-11(7-10(9)2)8-13-18-19-16(25-13)17-15(21)12-5-6-14(24-12)20(22)23/h3-7H,8H2,1-2H3,(H,17,19,21). The summed E-state index contributed by atoms with van der Waals surface area (Å²) in [6.07, 6.45) is 0.427. The van der Waals surface area contributed by atoms with Gasteiger partial charge in [0, 0.05) is 0 Å². The van der Waals surface area contributed by atoms with Gasteiger partial charge in [0.1, 0.15) is 4.92 Å². The minimum atomic E-state index is -0.731. The van der Waals surface area contributed by atoms with Gasteiger partial charge in [-0.15, -0.1) is 5.10 Å². The van der Waals surface area contributed by atoms with Gasteiger partial charge >= 0.3 is 11.9 Å². The van der Waals surface area contributed by atoms with Crippen molar-refractivity contribution in [3.63, 3.8) is 0 Å². The molecule has 1 amide bonds. The Morgan fingerprint density at radius 2 is 1.96 bits per heavy atom. The van der Waals surface area contributed by atoms with Crippen molar-refractivity contribution >= 4 is 17.8 Å². The van der Waals surface area contributed by atoms with Crippen LogP contribution in [-0.4, -0.2) is 21.0 Å². The van der Waals surface area contributed by atoms with E-state index < -0.39 is 16.7 Å². The lowest BCUT2D eigenvalue weighted by Crippen LogP contribution is -2.11. The van der Waals surface area contributed by atoms with Gasteiger partial charge in [0.05, 0.1) is 12.5 Å². The molecule has 25 heavy (non-hydrogen) atoms. The van der Waals surface area contributed by atoms with Crippen LogP contribution in [0.4, 0.5) is 11.9 Å². The van der Waals surface area contributed by atoms with E-state index in [-0.39, 0.29) is 11.8 Å². The number of benzene rings is 1. The second kappa shape index (κ2) is 6.56. The summed E-state index contributed by atoms with van der Waals surface area (Å²) in [5, 5.41) is 20.5. The van der Waals surface area contributed by atoms with Gasteiger partial charge in [-0.3, -0.25) is 20.2 Å². The summed E-state index contributed by atoms with van der Waals surface area (Å²) < 4.78 is 10.2. The fourth-order valence-corrected chi connectivity index (χ4v) is 2.17. The average Bonchev–Trinajstić information content (AvgIpc) is 3.20. The highest BCUT2D eigenvalue weighted by molar-refractivity contribution is 6.01. The Labute approximate surface area is 141 Å². The molecule has 2 heterocycles. The number of amides is 1. The second-order valence-electron chi connectivity index (χ2n) is 5.45. The molecular formula is C16H14N4O5. The normalized spacial score (nSPS) is 10.6. The molecule has 3 aromatic rings. The molecular weight excluding hydrogens is 328 g/mol. The Bertz CT molecular complexity index is 944. The number of rotatable bonds is 5. The van der Waals surface area contributed by atoms with Crippen molar-refractivity contribution < 1.29 is 18.6 Å². The third-order valence-corrected chi connectivity index (χ3v) is 3.61. The fourth-order valence-electron chi connectivity index (χ4n) is 2.17. The first-order chi connectivity index (χ1) is 11.9. The van der Waals surface area contributed by atoms with Crippen LogP contribution < -0.4 is 5.32 Å². The highest BCUT2D eigenvalue weighted by Gasteiger charge is 2.19. The highest BCUT2D eigenvalue weighted by atomic mass is 16.6. The summed E-state index contributed by atoms with van der Waals surface area (Å²) in [6.45, 7) is 4.04. The first-order valence-corrected chi connectivity index (χ1v) is 7.36. The van der Waals surface area contributed by atoms with E-state index in [2.05, 4.69) is 15.5 Å². The topological polar surface area (TPSA) is 124 Å². The van der Waals surface area contributed by atoms with Gasteiger partial charge in [-0.2, -0.15) is 0 Å². The lowest BCUT2D eigenvalue weighted by Gasteiger charge is -2.02. The van der Waals surface area contributed by atoms with Crippen LogP contribution in [0.15, 0.2) is 39.2 Å². The van der Waals surface area contributed by atoms with E-state index in [4.69, 9.17) is 8.83 Å². The van der Waals surface area contributed by atoms with E-state index in [1.165, 1.54) is 11.6 Å². The van der Waals surface area contributed by atoms with Crippen LogP contribution >= 0.6 is 0 Å². The third-order valence-electron chi connectivity index (χ3n) is 3.61. The molecule has 0 spiro atoms. The Hall–Kier alpha value is -3.49. The molecule has 0 saturated carbocycles. The average molecular weight is 342 g/mol. The van der Waals surface area contributed by atoms with Crippen molar-refractivity contribution in [2.75, 3.05) is 5.32 Å². The Morgan fingerprint density at radius 1 is 1.16 bits per heavy atom. The molecule has 9 nitrogen and oxygen atoms in total. The summed E-state index contributed by atoms with van der Waals surface area (Å²) in [6, 6.07) is 8.18. The monoisotopic (exact) mass is 342 g/mol. The Morgan fingerprint density at radius 3 is 2.64 bits per heavy atom. The van der Waals surface area contributed by atoms with Crippen molar-refractivity contribution in [3.05, 3.63) is 68.8 Å². The van der Waals surface area contributed by atoms with E-state index in [0.29, 0.717) is 12.3 Å². The van der Waals surface area contributed by atoms with Gasteiger partial charge in [-0.25, -0.2) is 0 Å². The minimum Gasteiger partial charge on any atom is -0.407 e. The Kier molecular flexibility index (Phi) is 4.29. The molecule has 0 radical (unpaired) electrons. The summed E-state index contributed by atoms with van der Waals surface area (Å²) in [5.74, 6) is -1.12. The Balaban J connectivity index is 1.67. The predicted molar refractivity (Wildman–Crippen MR) is 86.3 cm³/mol. The molecule has 0 atom stereocenters. The number of furan rings is 1. The van der Waals surface area contributed by atoms with Gasteiger partial charge < -0.3 is 8.83 Å². The number of hydrogen-bond acceptors (Lipinski definition) is 7. The number of carbonyl (C=O) groups is 1. The lowest BCUT2D eigenvalue weighted by molar-refractivity contribution is -0.402. The largest absolute Gasteiger partial charge is 0.433 e. The zero-order valence-corrected chi connectivity index (χ0v) is 13.5. The third kappa shape index (κ3) is 3.71. The number of anilines is 1. The predicted octanol–water partition coefficient (Wildman–Crippen LogP) is 3.03. The SMILES string of the molecule is Cc1ccc(Cc2nnc(NC(=O)c3ccc([N+](=O)[O-])o3)o2)cc1C. The van der Waals surface area contributed by atoms with Crippen LogP contribution in [0, 0.1) is 24.0 Å². The summed E-state index contributed by atoms with van der Waals surface area (Å²) in [4.78, 5) is 21.8. The van der Waals surface area contributed by atoms with E-state index in [9.17, 15) is 14.9 Å². The number of nitrogens with one attached hydrogen (secondary N) is 1. The quantitative estimate of drug-likeness (QED) is 0.558. The molecule has 2 aromatic heterocycles. The highest BCUT2D eigenvalue weighted by Crippen LogP contribution is 2.18. The molecule has 0 aliphatic rings. The number of carbonyl (C=O) groups excluding carboxylic acids is 1. The van der Waals surface area contributed by atoms with Crippen LogP contribution in [0.3, 0.4) is 0 Å². The first kappa shape index (κ1) is 16.4. The van der Waals surface area contributed by atoms with E-state index >= 15 is 0 Å². The molecule has 128 valence electrons. The fraction of sp³-hybridized carbons (Fsp3) is 0.188. The summed E-state index contributed by atoms with van der Waals surface area (Å²) in [5.41, 5.74) is 3.35. The van der Waals surface area contributed by atoms with Crippen LogP contribution in [0.25, 0.3) is 0 Å². The minimum absolute atomic E-state index is 0.108. The van der Waals surface area contributed by atoms with Crippen LogP contribution in [-0.2, 0) is 6.42 Å². The molecule has 0 fully saturated rings. The van der Waals surface area contributed by atoms with Gasteiger partial charge in [0.15, 0.2) is 5.76 Å². The zero-order chi connectivity index (χ0) is 18.0. The molecule has 1 N–H and O–H groups in total. The molecule has 0 aliphatic heterocycles. The van der Waals surface area contributed by atoms with Crippen LogP contribution in [0.2, 0.25) is 0 Å². The molecule has 0 aliphatic carbocycles. The van der Waals surface area contributed by atoms with Crippen molar-refractivity contribution in [1.82, 2.24) is 10.2 Å². The number of nitrogens with zero attached hydrogens (tertiary/aromatic N) is 3. The number of aromatic nitrogens is 2. The maximum atomic E-state index is 11.9. The maximum absolute atomic E-state index is 11.9. The second-order valence-corrected chi connectivity index (χ2v) is 5.45. The summed E-state index contributed by atoms with van der Waals surface area (Å²) >= 11 is 0. The van der Waals surface area contributed by atoms with E-state index in [0.717, 1.165) is 17.2 Å². The zero-order valence-electron chi connectivity index (χ0n) is 13.5. The molecule has 0 saturated heterocycles. The lowest BCUT2D eigenvalue weighted by atomic mass is 10.0. The number of aryl methyl sites for hydroxylation is 2. The number of nitro groups is 1. The van der Waals surface area contributed by atoms with Gasteiger partial charge in [0.2, 0.25) is 5.89 Å². The molecule has 1 aromatic carbocycles. The van der Waals surface area contributed by atoms with Crippen molar-refractivity contribution in [2.24, 2.45) is 0 Å². The van der Waals surface area contributed by atoms with Gasteiger partial charge in [-0.1, -0.05) is 23.3 Å². The van der Waals surface area contributed by atoms with Gasteiger partial charge in [0.25, 0.3) is 5.91 Å². The van der Waals surface area contributed by atoms with Crippen LogP contribution in [0.1, 0.15) is 33.1 Å². The smallest absolute Gasteiger partial charge is 0.407 e.